The quantitative estimate of drug-likeness (QED) is 0.906. The second-order valence-electron chi connectivity index (χ2n) is 4.12. The van der Waals surface area contributed by atoms with E-state index in [9.17, 15) is 0 Å². The number of rotatable bonds is 3. The Morgan fingerprint density at radius 2 is 2.12 bits per heavy atom. The van der Waals surface area contributed by atoms with E-state index in [1.807, 2.05) is 32.5 Å². The van der Waals surface area contributed by atoms with Gasteiger partial charge < -0.3 is 10.6 Å². The average molecular weight is 248 g/mol. The first-order valence-corrected chi connectivity index (χ1v) is 6.28. The molecule has 2 aromatic heterocycles. The highest BCUT2D eigenvalue weighted by atomic mass is 32.1. The molecule has 5 heteroatoms. The van der Waals surface area contributed by atoms with Crippen LogP contribution in [0.1, 0.15) is 16.1 Å². The van der Waals surface area contributed by atoms with Gasteiger partial charge >= 0.3 is 0 Å². The zero-order valence-electron chi connectivity index (χ0n) is 10.3. The molecule has 2 heterocycles. The third-order valence-electron chi connectivity index (χ3n) is 2.75. The molecular weight excluding hydrogens is 232 g/mol. The van der Waals surface area contributed by atoms with Crippen LogP contribution in [0.5, 0.6) is 0 Å². The summed E-state index contributed by atoms with van der Waals surface area (Å²) in [5.74, 6) is 0.890. The van der Waals surface area contributed by atoms with Gasteiger partial charge in [-0.3, -0.25) is 0 Å². The number of aryl methyl sites for hydroxylation is 2. The zero-order valence-corrected chi connectivity index (χ0v) is 11.1. The van der Waals surface area contributed by atoms with Crippen molar-refractivity contribution in [1.82, 2.24) is 9.97 Å². The van der Waals surface area contributed by atoms with Gasteiger partial charge in [-0.2, -0.15) is 0 Å². The molecule has 0 aliphatic rings. The lowest BCUT2D eigenvalue weighted by Gasteiger charge is -2.18. The van der Waals surface area contributed by atoms with E-state index in [1.54, 1.807) is 17.5 Å². The molecule has 2 N–H and O–H groups in total. The lowest BCUT2D eigenvalue weighted by Crippen LogP contribution is -2.17. The number of aromatic nitrogens is 2. The van der Waals surface area contributed by atoms with Crippen molar-refractivity contribution in [1.29, 1.82) is 0 Å². The fourth-order valence-electron chi connectivity index (χ4n) is 1.51. The van der Waals surface area contributed by atoms with Crippen LogP contribution >= 0.6 is 11.3 Å². The van der Waals surface area contributed by atoms with Gasteiger partial charge in [0.1, 0.15) is 5.82 Å². The van der Waals surface area contributed by atoms with Crippen LogP contribution in [0.2, 0.25) is 0 Å². The van der Waals surface area contributed by atoms with Gasteiger partial charge in [-0.15, -0.1) is 11.3 Å². The number of thiazole rings is 1. The first-order valence-electron chi connectivity index (χ1n) is 5.40. The number of nitrogens with zero attached hydrogens (tertiary/aromatic N) is 3. The van der Waals surface area contributed by atoms with E-state index in [0.29, 0.717) is 0 Å². The molecule has 0 aliphatic heterocycles. The Morgan fingerprint density at radius 3 is 2.71 bits per heavy atom. The van der Waals surface area contributed by atoms with E-state index >= 15 is 0 Å². The van der Waals surface area contributed by atoms with Crippen molar-refractivity contribution in [2.75, 3.05) is 17.7 Å². The van der Waals surface area contributed by atoms with Gasteiger partial charge in [0, 0.05) is 29.9 Å². The van der Waals surface area contributed by atoms with Crippen molar-refractivity contribution in [2.24, 2.45) is 0 Å². The molecular formula is C12H16N4S. The number of hydrogen-bond donors (Lipinski definition) is 1. The molecule has 0 saturated carbocycles. The molecule has 2 rings (SSSR count). The fourth-order valence-corrected chi connectivity index (χ4v) is 2.34. The number of nitrogen functional groups attached to an aromatic ring is 1. The molecule has 4 nitrogen and oxygen atoms in total. The van der Waals surface area contributed by atoms with E-state index in [0.717, 1.165) is 29.3 Å². The minimum Gasteiger partial charge on any atom is -0.398 e. The van der Waals surface area contributed by atoms with E-state index in [1.165, 1.54) is 4.88 Å². The van der Waals surface area contributed by atoms with Crippen molar-refractivity contribution < 1.29 is 0 Å². The molecule has 90 valence electrons. The van der Waals surface area contributed by atoms with Crippen LogP contribution in [-0.2, 0) is 6.54 Å². The maximum atomic E-state index is 5.89. The molecule has 0 saturated heterocycles. The Bertz CT molecular complexity index is 521. The fraction of sp³-hybridized carbons (Fsp3) is 0.333. The standard InChI is InChI=1S/C12H16N4S/c1-8-5-14-12(4-10(8)13)16(3)6-11-9(2)15-7-17-11/h4-5,7H,6H2,1-3H3,(H2,13,14). The van der Waals surface area contributed by atoms with E-state index < -0.39 is 0 Å². The molecule has 0 spiro atoms. The highest BCUT2D eigenvalue weighted by molar-refractivity contribution is 7.09. The van der Waals surface area contributed by atoms with Gasteiger partial charge in [0.05, 0.1) is 17.7 Å². The summed E-state index contributed by atoms with van der Waals surface area (Å²) < 4.78 is 0. The lowest BCUT2D eigenvalue weighted by atomic mass is 10.2. The summed E-state index contributed by atoms with van der Waals surface area (Å²) in [6.45, 7) is 4.79. The molecule has 0 bridgehead atoms. The Kier molecular flexibility index (Phi) is 3.28. The van der Waals surface area contributed by atoms with Gasteiger partial charge in [-0.1, -0.05) is 0 Å². The third-order valence-corrected chi connectivity index (χ3v) is 3.67. The second kappa shape index (κ2) is 4.71. The van der Waals surface area contributed by atoms with Crippen LogP contribution in [-0.4, -0.2) is 17.0 Å². The maximum absolute atomic E-state index is 5.89. The second-order valence-corrected chi connectivity index (χ2v) is 5.06. The van der Waals surface area contributed by atoms with Gasteiger partial charge in [-0.05, 0) is 19.4 Å². The summed E-state index contributed by atoms with van der Waals surface area (Å²) in [6, 6.07) is 1.91. The minimum absolute atomic E-state index is 0.780. The number of anilines is 2. The Labute approximate surface area is 105 Å². The summed E-state index contributed by atoms with van der Waals surface area (Å²) in [5, 5.41) is 0. The van der Waals surface area contributed by atoms with E-state index in [4.69, 9.17) is 5.73 Å². The summed E-state index contributed by atoms with van der Waals surface area (Å²) in [5.41, 5.74) is 10.6. The summed E-state index contributed by atoms with van der Waals surface area (Å²) in [4.78, 5) is 12.0. The number of nitrogens with two attached hydrogens (primary N) is 1. The summed E-state index contributed by atoms with van der Waals surface area (Å²) in [7, 11) is 2.01. The van der Waals surface area contributed by atoms with Gasteiger partial charge in [0.15, 0.2) is 0 Å². The topological polar surface area (TPSA) is 55.0 Å². The Balaban J connectivity index is 2.17. The predicted molar refractivity (Wildman–Crippen MR) is 72.3 cm³/mol. The Hall–Kier alpha value is -1.62. The van der Waals surface area contributed by atoms with Crippen LogP contribution < -0.4 is 10.6 Å². The van der Waals surface area contributed by atoms with Gasteiger partial charge in [-0.25, -0.2) is 9.97 Å². The molecule has 0 unspecified atom stereocenters. The Morgan fingerprint density at radius 1 is 1.35 bits per heavy atom. The lowest BCUT2D eigenvalue weighted by molar-refractivity contribution is 0.900. The largest absolute Gasteiger partial charge is 0.398 e. The molecule has 17 heavy (non-hydrogen) atoms. The third kappa shape index (κ3) is 2.55. The molecule has 0 radical (unpaired) electrons. The van der Waals surface area contributed by atoms with Crippen LogP contribution in [0.25, 0.3) is 0 Å². The molecule has 0 aromatic carbocycles. The monoisotopic (exact) mass is 248 g/mol. The first-order chi connectivity index (χ1) is 8.08. The average Bonchev–Trinajstić information content (AvgIpc) is 2.68. The highest BCUT2D eigenvalue weighted by Crippen LogP contribution is 2.20. The van der Waals surface area contributed by atoms with Crippen LogP contribution in [0.3, 0.4) is 0 Å². The van der Waals surface area contributed by atoms with Crippen LogP contribution in [0, 0.1) is 13.8 Å². The minimum atomic E-state index is 0.780. The number of hydrogen-bond acceptors (Lipinski definition) is 5. The highest BCUT2D eigenvalue weighted by Gasteiger charge is 2.08. The van der Waals surface area contributed by atoms with Gasteiger partial charge in [0.2, 0.25) is 0 Å². The first kappa shape index (κ1) is 11.9. The van der Waals surface area contributed by atoms with Crippen molar-refractivity contribution in [3.63, 3.8) is 0 Å². The van der Waals surface area contributed by atoms with Crippen molar-refractivity contribution >= 4 is 22.8 Å². The van der Waals surface area contributed by atoms with Crippen LogP contribution in [0.15, 0.2) is 17.8 Å². The van der Waals surface area contributed by atoms with Crippen molar-refractivity contribution in [2.45, 2.75) is 20.4 Å². The SMILES string of the molecule is Cc1cnc(N(C)Cc2scnc2C)cc1N. The number of pyridine rings is 1. The van der Waals surface area contributed by atoms with Crippen molar-refractivity contribution in [3.05, 3.63) is 33.9 Å². The summed E-state index contributed by atoms with van der Waals surface area (Å²) in [6.07, 6.45) is 1.81. The normalized spacial score (nSPS) is 10.5. The maximum Gasteiger partial charge on any atom is 0.130 e. The summed E-state index contributed by atoms with van der Waals surface area (Å²) >= 11 is 1.67. The predicted octanol–water partition coefficient (Wildman–Crippen LogP) is 2.37. The molecule has 0 atom stereocenters. The molecule has 0 fully saturated rings. The van der Waals surface area contributed by atoms with Crippen LogP contribution in [0.4, 0.5) is 11.5 Å². The molecule has 0 aliphatic carbocycles. The van der Waals surface area contributed by atoms with Crippen molar-refractivity contribution in [3.8, 4) is 0 Å². The molecule has 2 aromatic rings. The van der Waals surface area contributed by atoms with E-state index in [-0.39, 0.29) is 0 Å². The van der Waals surface area contributed by atoms with Gasteiger partial charge in [0.25, 0.3) is 0 Å². The zero-order chi connectivity index (χ0) is 12.4. The van der Waals surface area contributed by atoms with E-state index in [2.05, 4.69) is 14.9 Å². The smallest absolute Gasteiger partial charge is 0.130 e. The molecule has 0 amide bonds.